The summed E-state index contributed by atoms with van der Waals surface area (Å²) in [4.78, 5) is 27.6. The van der Waals surface area contributed by atoms with Crippen LogP contribution < -0.4 is 0 Å². The summed E-state index contributed by atoms with van der Waals surface area (Å²) in [5, 5.41) is 3.96. The predicted octanol–water partition coefficient (Wildman–Crippen LogP) is 3.75. The molecule has 3 rings (SSSR count). The number of nitrogens with zero attached hydrogens (tertiary/aromatic N) is 2. The van der Waals surface area contributed by atoms with E-state index in [2.05, 4.69) is 5.16 Å². The highest BCUT2D eigenvalue weighted by molar-refractivity contribution is 7.98. The summed E-state index contributed by atoms with van der Waals surface area (Å²) in [5.74, 6) is 0.830. The van der Waals surface area contributed by atoms with Crippen LogP contribution in [0.15, 0.2) is 33.7 Å². The van der Waals surface area contributed by atoms with Crippen LogP contribution in [0.3, 0.4) is 0 Å². The molecule has 1 aromatic carbocycles. The monoisotopic (exact) mass is 388 g/mol. The number of aromatic nitrogens is 1. The van der Waals surface area contributed by atoms with Crippen LogP contribution in [0.5, 0.6) is 0 Å². The summed E-state index contributed by atoms with van der Waals surface area (Å²) in [6.45, 7) is 6.90. The summed E-state index contributed by atoms with van der Waals surface area (Å²) < 4.78 is 10.7. The molecule has 7 heteroatoms. The van der Waals surface area contributed by atoms with Gasteiger partial charge in [0, 0.05) is 29.3 Å². The van der Waals surface area contributed by atoms with Crippen molar-refractivity contribution in [2.75, 3.05) is 13.1 Å². The molecule has 1 saturated heterocycles. The van der Waals surface area contributed by atoms with Crippen molar-refractivity contribution in [3.8, 4) is 0 Å². The molecule has 144 valence electrons. The number of rotatable bonds is 6. The van der Waals surface area contributed by atoms with Crippen LogP contribution in [0.4, 0.5) is 0 Å². The number of thioether (sulfide) groups is 1. The summed E-state index contributed by atoms with van der Waals surface area (Å²) in [6, 6.07) is 7.28. The molecule has 0 unspecified atom stereocenters. The third-order valence-corrected chi connectivity index (χ3v) is 5.81. The number of ether oxygens (including phenoxy) is 1. The Hall–Kier alpha value is -2.28. The van der Waals surface area contributed by atoms with Crippen LogP contribution in [0.25, 0.3) is 0 Å². The lowest BCUT2D eigenvalue weighted by atomic mass is 10.2. The highest BCUT2D eigenvalue weighted by Crippen LogP contribution is 2.29. The first-order valence-electron chi connectivity index (χ1n) is 9.10. The molecular formula is C20H24N2O4S. The van der Waals surface area contributed by atoms with Crippen molar-refractivity contribution in [1.82, 2.24) is 10.1 Å². The Morgan fingerprint density at radius 1 is 1.26 bits per heavy atom. The molecule has 0 aliphatic carbocycles. The van der Waals surface area contributed by atoms with Gasteiger partial charge < -0.3 is 14.2 Å². The largest absolute Gasteiger partial charge is 0.449 e. The number of aryl methyl sites for hydroxylation is 2. The van der Waals surface area contributed by atoms with E-state index in [9.17, 15) is 9.59 Å². The van der Waals surface area contributed by atoms with Gasteiger partial charge in [-0.25, -0.2) is 4.79 Å². The first kappa shape index (κ1) is 19.5. The van der Waals surface area contributed by atoms with Gasteiger partial charge in [0.15, 0.2) is 6.10 Å². The number of hydrogen-bond acceptors (Lipinski definition) is 6. The number of likely N-dealkylation sites (tertiary alicyclic amines) is 1. The number of hydrogen-bond donors (Lipinski definition) is 0. The van der Waals surface area contributed by atoms with Gasteiger partial charge in [-0.3, -0.25) is 4.79 Å². The zero-order valence-corrected chi connectivity index (χ0v) is 16.7. The van der Waals surface area contributed by atoms with Crippen LogP contribution in [0.2, 0.25) is 0 Å². The van der Waals surface area contributed by atoms with Crippen molar-refractivity contribution in [2.24, 2.45) is 0 Å². The molecule has 0 saturated carbocycles. The summed E-state index contributed by atoms with van der Waals surface area (Å²) in [6.07, 6.45) is 1.23. The molecule has 1 amide bonds. The standard InChI is InChI=1S/C20H24N2O4S/c1-13-17(14(2)26-21-13)12-27-18-9-5-4-8-16(18)20(24)25-15(3)19(23)22-10-6-7-11-22/h4-5,8-9,15H,6-7,10-12H2,1-3H3/t15-/m1/s1. The van der Waals surface area contributed by atoms with E-state index in [1.807, 2.05) is 26.0 Å². The van der Waals surface area contributed by atoms with E-state index in [1.54, 1.807) is 24.0 Å². The Morgan fingerprint density at radius 3 is 2.63 bits per heavy atom. The van der Waals surface area contributed by atoms with Crippen molar-refractivity contribution in [3.63, 3.8) is 0 Å². The number of carbonyl (C=O) groups excluding carboxylic acids is 2. The number of esters is 1. The van der Waals surface area contributed by atoms with Crippen LogP contribution >= 0.6 is 11.8 Å². The fourth-order valence-corrected chi connectivity index (χ4v) is 4.28. The van der Waals surface area contributed by atoms with Gasteiger partial charge in [0.25, 0.3) is 5.91 Å². The maximum atomic E-state index is 12.7. The molecule has 0 radical (unpaired) electrons. The van der Waals surface area contributed by atoms with Crippen molar-refractivity contribution in [1.29, 1.82) is 0 Å². The molecule has 0 spiro atoms. The third-order valence-electron chi connectivity index (χ3n) is 4.71. The van der Waals surface area contributed by atoms with Gasteiger partial charge >= 0.3 is 5.97 Å². The highest BCUT2D eigenvalue weighted by Gasteiger charge is 2.27. The van der Waals surface area contributed by atoms with Crippen LogP contribution in [-0.2, 0) is 15.3 Å². The Labute approximate surface area is 163 Å². The van der Waals surface area contributed by atoms with Gasteiger partial charge in [-0.05, 0) is 45.7 Å². The van der Waals surface area contributed by atoms with Gasteiger partial charge in [0.1, 0.15) is 5.76 Å². The molecule has 1 atom stereocenters. The quantitative estimate of drug-likeness (QED) is 0.554. The van der Waals surface area contributed by atoms with Gasteiger partial charge in [-0.15, -0.1) is 11.8 Å². The smallest absolute Gasteiger partial charge is 0.340 e. The first-order valence-corrected chi connectivity index (χ1v) is 10.1. The van der Waals surface area contributed by atoms with Gasteiger partial charge in [0.05, 0.1) is 11.3 Å². The van der Waals surface area contributed by atoms with E-state index in [0.717, 1.165) is 47.8 Å². The molecule has 2 heterocycles. The van der Waals surface area contributed by atoms with Crippen LogP contribution in [-0.4, -0.2) is 41.1 Å². The lowest BCUT2D eigenvalue weighted by molar-refractivity contribution is -0.138. The fraction of sp³-hybridized carbons (Fsp3) is 0.450. The Balaban J connectivity index is 1.67. The minimum atomic E-state index is -0.781. The normalized spacial score (nSPS) is 15.0. The van der Waals surface area contributed by atoms with Crippen molar-refractivity contribution in [3.05, 3.63) is 46.8 Å². The minimum absolute atomic E-state index is 0.123. The molecule has 1 aliphatic rings. The minimum Gasteiger partial charge on any atom is -0.449 e. The second-order valence-corrected chi connectivity index (χ2v) is 7.68. The zero-order valence-electron chi connectivity index (χ0n) is 15.9. The molecule has 0 bridgehead atoms. The molecule has 1 aliphatic heterocycles. The van der Waals surface area contributed by atoms with Crippen LogP contribution in [0.1, 0.15) is 47.1 Å². The number of amides is 1. The molecule has 6 nitrogen and oxygen atoms in total. The van der Waals surface area contributed by atoms with Crippen LogP contribution in [0, 0.1) is 13.8 Å². The van der Waals surface area contributed by atoms with E-state index in [4.69, 9.17) is 9.26 Å². The highest BCUT2D eigenvalue weighted by atomic mass is 32.2. The Kier molecular flexibility index (Phi) is 6.21. The molecule has 27 heavy (non-hydrogen) atoms. The molecule has 1 aromatic heterocycles. The molecule has 0 N–H and O–H groups in total. The zero-order chi connectivity index (χ0) is 19.4. The second kappa shape index (κ2) is 8.61. The maximum absolute atomic E-state index is 12.7. The average Bonchev–Trinajstić information content (AvgIpc) is 3.30. The summed E-state index contributed by atoms with van der Waals surface area (Å²) >= 11 is 1.53. The van der Waals surface area contributed by atoms with E-state index in [-0.39, 0.29) is 5.91 Å². The fourth-order valence-electron chi connectivity index (χ4n) is 3.09. The SMILES string of the molecule is Cc1noc(C)c1CSc1ccccc1C(=O)O[C@H](C)C(=O)N1CCCC1. The van der Waals surface area contributed by atoms with E-state index in [1.165, 1.54) is 11.8 Å². The number of benzene rings is 1. The van der Waals surface area contributed by atoms with Gasteiger partial charge in [-0.2, -0.15) is 0 Å². The Bertz CT molecular complexity index is 808. The summed E-state index contributed by atoms with van der Waals surface area (Å²) in [5.41, 5.74) is 2.35. The van der Waals surface area contributed by atoms with Crippen molar-refractivity contribution in [2.45, 2.75) is 50.4 Å². The first-order chi connectivity index (χ1) is 13.0. The van der Waals surface area contributed by atoms with Crippen molar-refractivity contribution >= 4 is 23.6 Å². The second-order valence-electron chi connectivity index (χ2n) is 6.67. The third kappa shape index (κ3) is 4.53. The average molecular weight is 388 g/mol. The summed E-state index contributed by atoms with van der Waals surface area (Å²) in [7, 11) is 0. The topological polar surface area (TPSA) is 72.6 Å². The molecular weight excluding hydrogens is 364 g/mol. The van der Waals surface area contributed by atoms with Gasteiger partial charge in [0.2, 0.25) is 0 Å². The lowest BCUT2D eigenvalue weighted by Crippen LogP contribution is -2.38. The molecule has 1 fully saturated rings. The van der Waals surface area contributed by atoms with E-state index >= 15 is 0 Å². The molecule has 2 aromatic rings. The number of carbonyl (C=O) groups is 2. The van der Waals surface area contributed by atoms with Gasteiger partial charge in [-0.1, -0.05) is 17.3 Å². The lowest BCUT2D eigenvalue weighted by Gasteiger charge is -2.20. The predicted molar refractivity (Wildman–Crippen MR) is 103 cm³/mol. The Morgan fingerprint density at radius 2 is 1.96 bits per heavy atom. The van der Waals surface area contributed by atoms with E-state index < -0.39 is 12.1 Å². The van der Waals surface area contributed by atoms with Crippen molar-refractivity contribution < 1.29 is 18.8 Å². The van der Waals surface area contributed by atoms with E-state index in [0.29, 0.717) is 11.3 Å². The maximum Gasteiger partial charge on any atom is 0.340 e.